The molecule has 0 saturated carbocycles. The maximum Gasteiger partial charge on any atom is 0.335 e. The topological polar surface area (TPSA) is 55.8 Å². The standard InChI is InChI=1S/C17H18O4/c1-20-15-8-10-16(11-9-15)21-12-2-3-13-4-6-14(7-5-13)17(18)19/h4-11H,2-3,12H2,1H3,(H,18,19). The molecule has 21 heavy (non-hydrogen) atoms. The monoisotopic (exact) mass is 286 g/mol. The second-order valence-corrected chi connectivity index (χ2v) is 4.63. The van der Waals surface area contributed by atoms with Crippen LogP contribution in [-0.4, -0.2) is 24.8 Å². The Balaban J connectivity index is 1.74. The Hall–Kier alpha value is -2.49. The van der Waals surface area contributed by atoms with Crippen LogP contribution in [0.2, 0.25) is 0 Å². The van der Waals surface area contributed by atoms with Crippen LogP contribution >= 0.6 is 0 Å². The van der Waals surface area contributed by atoms with Gasteiger partial charge in [0, 0.05) is 0 Å². The molecule has 0 aromatic heterocycles. The molecule has 0 atom stereocenters. The second-order valence-electron chi connectivity index (χ2n) is 4.63. The van der Waals surface area contributed by atoms with Crippen LogP contribution in [0.15, 0.2) is 48.5 Å². The molecule has 2 aromatic rings. The maximum absolute atomic E-state index is 10.7. The summed E-state index contributed by atoms with van der Waals surface area (Å²) in [5.74, 6) is 0.724. The van der Waals surface area contributed by atoms with Crippen LogP contribution in [-0.2, 0) is 6.42 Å². The van der Waals surface area contributed by atoms with E-state index in [0.29, 0.717) is 12.2 Å². The molecule has 0 spiro atoms. The SMILES string of the molecule is COc1ccc(OCCCc2ccc(C(=O)O)cc2)cc1. The molecule has 0 aliphatic rings. The average molecular weight is 286 g/mol. The molecule has 4 heteroatoms. The Kier molecular flexibility index (Phi) is 5.21. The molecule has 0 radical (unpaired) electrons. The first-order valence-electron chi connectivity index (χ1n) is 6.78. The quantitative estimate of drug-likeness (QED) is 0.792. The van der Waals surface area contributed by atoms with Crippen LogP contribution in [0, 0.1) is 0 Å². The number of aryl methyl sites for hydroxylation is 1. The lowest BCUT2D eigenvalue weighted by molar-refractivity contribution is 0.0697. The largest absolute Gasteiger partial charge is 0.497 e. The predicted molar refractivity (Wildman–Crippen MR) is 80.2 cm³/mol. The molecule has 0 unspecified atom stereocenters. The van der Waals surface area contributed by atoms with Crippen molar-refractivity contribution >= 4 is 5.97 Å². The highest BCUT2D eigenvalue weighted by atomic mass is 16.5. The van der Waals surface area contributed by atoms with Crippen molar-refractivity contribution in [2.75, 3.05) is 13.7 Å². The van der Waals surface area contributed by atoms with Gasteiger partial charge in [0.05, 0.1) is 19.3 Å². The van der Waals surface area contributed by atoms with Crippen molar-refractivity contribution in [2.45, 2.75) is 12.8 Å². The van der Waals surface area contributed by atoms with Crippen molar-refractivity contribution in [1.82, 2.24) is 0 Å². The van der Waals surface area contributed by atoms with Crippen molar-refractivity contribution in [2.24, 2.45) is 0 Å². The summed E-state index contributed by atoms with van der Waals surface area (Å²) in [5, 5.41) is 8.82. The van der Waals surface area contributed by atoms with Gasteiger partial charge in [-0.3, -0.25) is 0 Å². The van der Waals surface area contributed by atoms with Gasteiger partial charge in [0.25, 0.3) is 0 Å². The Labute approximate surface area is 123 Å². The summed E-state index contributed by atoms with van der Waals surface area (Å²) >= 11 is 0. The summed E-state index contributed by atoms with van der Waals surface area (Å²) in [6, 6.07) is 14.4. The van der Waals surface area contributed by atoms with E-state index in [9.17, 15) is 4.79 Å². The number of methoxy groups -OCH3 is 1. The fraction of sp³-hybridized carbons (Fsp3) is 0.235. The van der Waals surface area contributed by atoms with Crippen molar-refractivity contribution < 1.29 is 19.4 Å². The van der Waals surface area contributed by atoms with Gasteiger partial charge in [-0.1, -0.05) is 12.1 Å². The third-order valence-electron chi connectivity index (χ3n) is 3.14. The molecule has 1 N–H and O–H groups in total. The van der Waals surface area contributed by atoms with Gasteiger partial charge in [-0.05, 0) is 54.8 Å². The number of hydrogen-bond acceptors (Lipinski definition) is 3. The molecular weight excluding hydrogens is 268 g/mol. The van der Waals surface area contributed by atoms with Crippen molar-refractivity contribution in [3.05, 3.63) is 59.7 Å². The fourth-order valence-electron chi connectivity index (χ4n) is 1.95. The molecule has 4 nitrogen and oxygen atoms in total. The Morgan fingerprint density at radius 3 is 2.19 bits per heavy atom. The highest BCUT2D eigenvalue weighted by molar-refractivity contribution is 5.87. The van der Waals surface area contributed by atoms with Gasteiger partial charge in [-0.2, -0.15) is 0 Å². The first-order valence-corrected chi connectivity index (χ1v) is 6.78. The number of carbonyl (C=O) groups is 1. The molecule has 0 fully saturated rings. The second kappa shape index (κ2) is 7.33. The summed E-state index contributed by atoms with van der Waals surface area (Å²) in [6.07, 6.45) is 1.73. The number of carboxylic acid groups (broad SMARTS) is 1. The van der Waals surface area contributed by atoms with Crippen molar-refractivity contribution in [1.29, 1.82) is 0 Å². The van der Waals surface area contributed by atoms with E-state index >= 15 is 0 Å². The van der Waals surface area contributed by atoms with Crippen LogP contribution < -0.4 is 9.47 Å². The van der Waals surface area contributed by atoms with Gasteiger partial charge in [0.15, 0.2) is 0 Å². The Morgan fingerprint density at radius 1 is 1.00 bits per heavy atom. The van der Waals surface area contributed by atoms with E-state index in [0.717, 1.165) is 29.9 Å². The summed E-state index contributed by atoms with van der Waals surface area (Å²) < 4.78 is 10.7. The van der Waals surface area contributed by atoms with E-state index in [2.05, 4.69) is 0 Å². The number of rotatable bonds is 7. The lowest BCUT2D eigenvalue weighted by Crippen LogP contribution is -2.00. The third kappa shape index (κ3) is 4.53. The minimum atomic E-state index is -0.899. The molecule has 0 saturated heterocycles. The Morgan fingerprint density at radius 2 is 1.62 bits per heavy atom. The highest BCUT2D eigenvalue weighted by Crippen LogP contribution is 2.17. The van der Waals surface area contributed by atoms with Gasteiger partial charge in [0.2, 0.25) is 0 Å². The fourth-order valence-corrected chi connectivity index (χ4v) is 1.95. The van der Waals surface area contributed by atoms with Crippen LogP contribution in [0.3, 0.4) is 0 Å². The van der Waals surface area contributed by atoms with E-state index in [4.69, 9.17) is 14.6 Å². The minimum absolute atomic E-state index is 0.313. The smallest absolute Gasteiger partial charge is 0.335 e. The molecule has 2 rings (SSSR count). The van der Waals surface area contributed by atoms with Crippen LogP contribution in [0.5, 0.6) is 11.5 Å². The van der Waals surface area contributed by atoms with Crippen molar-refractivity contribution in [3.63, 3.8) is 0 Å². The molecule has 0 heterocycles. The first kappa shape index (κ1) is 14.9. The maximum atomic E-state index is 10.7. The van der Waals surface area contributed by atoms with Crippen LogP contribution in [0.1, 0.15) is 22.3 Å². The molecule has 110 valence electrons. The minimum Gasteiger partial charge on any atom is -0.497 e. The lowest BCUT2D eigenvalue weighted by atomic mass is 10.1. The number of benzene rings is 2. The molecular formula is C17H18O4. The first-order chi connectivity index (χ1) is 10.2. The summed E-state index contributed by atoms with van der Waals surface area (Å²) in [5.41, 5.74) is 1.42. The zero-order valence-electron chi connectivity index (χ0n) is 11.9. The zero-order chi connectivity index (χ0) is 15.1. The van der Waals surface area contributed by atoms with Crippen LogP contribution in [0.4, 0.5) is 0 Å². The van der Waals surface area contributed by atoms with Crippen LogP contribution in [0.25, 0.3) is 0 Å². The van der Waals surface area contributed by atoms with E-state index in [1.165, 1.54) is 0 Å². The summed E-state index contributed by atoms with van der Waals surface area (Å²) in [6.45, 7) is 0.618. The van der Waals surface area contributed by atoms with E-state index in [-0.39, 0.29) is 0 Å². The molecule has 0 aliphatic heterocycles. The predicted octanol–water partition coefficient (Wildman–Crippen LogP) is 3.41. The van der Waals surface area contributed by atoms with E-state index in [1.807, 2.05) is 36.4 Å². The molecule has 0 amide bonds. The number of hydrogen-bond donors (Lipinski definition) is 1. The van der Waals surface area contributed by atoms with Gasteiger partial charge in [-0.25, -0.2) is 4.79 Å². The average Bonchev–Trinajstić information content (AvgIpc) is 2.52. The third-order valence-corrected chi connectivity index (χ3v) is 3.14. The van der Waals surface area contributed by atoms with E-state index in [1.54, 1.807) is 19.2 Å². The van der Waals surface area contributed by atoms with Gasteiger partial charge in [0.1, 0.15) is 11.5 Å². The number of aromatic carboxylic acids is 1. The van der Waals surface area contributed by atoms with Crippen molar-refractivity contribution in [3.8, 4) is 11.5 Å². The molecule has 0 aliphatic carbocycles. The normalized spacial score (nSPS) is 10.1. The highest BCUT2D eigenvalue weighted by Gasteiger charge is 2.02. The Bertz CT molecular complexity index is 573. The summed E-state index contributed by atoms with van der Waals surface area (Å²) in [4.78, 5) is 10.7. The lowest BCUT2D eigenvalue weighted by Gasteiger charge is -2.07. The van der Waals surface area contributed by atoms with Gasteiger partial charge >= 0.3 is 5.97 Å². The van der Waals surface area contributed by atoms with Gasteiger partial charge < -0.3 is 14.6 Å². The molecule has 0 bridgehead atoms. The molecule has 2 aromatic carbocycles. The number of carboxylic acids is 1. The summed E-state index contributed by atoms with van der Waals surface area (Å²) in [7, 11) is 1.63. The zero-order valence-corrected chi connectivity index (χ0v) is 11.9. The number of ether oxygens (including phenoxy) is 2. The van der Waals surface area contributed by atoms with Gasteiger partial charge in [-0.15, -0.1) is 0 Å². The van der Waals surface area contributed by atoms with E-state index < -0.39 is 5.97 Å².